The number of nitrogens with two attached hydrogens (primary N) is 1. The lowest BCUT2D eigenvalue weighted by Crippen LogP contribution is -2.32. The molecule has 0 spiro atoms. The van der Waals surface area contributed by atoms with Crippen LogP contribution in [0.1, 0.15) is 6.42 Å². The molecule has 82 valence electrons. The Kier molecular flexibility index (Phi) is 3.01. The molecule has 1 aromatic rings. The van der Waals surface area contributed by atoms with E-state index in [2.05, 4.69) is 5.10 Å². The Balaban J connectivity index is 1.87. The molecule has 5 nitrogen and oxygen atoms in total. The van der Waals surface area contributed by atoms with Crippen molar-refractivity contribution in [3.8, 4) is 0 Å². The third kappa shape index (κ3) is 2.36. The predicted molar refractivity (Wildman–Crippen MR) is 56.0 cm³/mol. The van der Waals surface area contributed by atoms with Gasteiger partial charge in [-0.25, -0.2) is 0 Å². The van der Waals surface area contributed by atoms with Crippen LogP contribution in [-0.2, 0) is 11.3 Å². The zero-order valence-corrected chi connectivity index (χ0v) is 8.67. The summed E-state index contributed by atoms with van der Waals surface area (Å²) < 4.78 is 1.65. The van der Waals surface area contributed by atoms with Crippen LogP contribution < -0.4 is 5.73 Å². The van der Waals surface area contributed by atoms with Crippen LogP contribution in [0.4, 0.5) is 0 Å². The molecule has 0 saturated carbocycles. The van der Waals surface area contributed by atoms with Crippen molar-refractivity contribution in [2.75, 3.05) is 19.6 Å². The number of carbonyl (C=O) groups is 1. The van der Waals surface area contributed by atoms with Crippen LogP contribution in [0.5, 0.6) is 0 Å². The molecule has 15 heavy (non-hydrogen) atoms. The third-order valence-electron chi connectivity index (χ3n) is 2.83. The molecule has 1 fully saturated rings. The van der Waals surface area contributed by atoms with Crippen molar-refractivity contribution >= 4 is 5.91 Å². The van der Waals surface area contributed by atoms with Gasteiger partial charge in [-0.3, -0.25) is 9.48 Å². The van der Waals surface area contributed by atoms with Gasteiger partial charge in [-0.05, 0) is 24.9 Å². The highest BCUT2D eigenvalue weighted by molar-refractivity contribution is 5.76. The number of nitrogens with zero attached hydrogens (tertiary/aromatic N) is 3. The standard InChI is InChI=1S/C10H16N4O/c11-6-9-2-5-13(7-9)10(15)8-14-4-1-3-12-14/h1,3-4,9H,2,5-8,11H2. The molecule has 5 heteroatoms. The van der Waals surface area contributed by atoms with Gasteiger partial charge in [-0.15, -0.1) is 0 Å². The van der Waals surface area contributed by atoms with Gasteiger partial charge in [0.1, 0.15) is 6.54 Å². The van der Waals surface area contributed by atoms with Gasteiger partial charge in [0.2, 0.25) is 5.91 Å². The minimum atomic E-state index is 0.134. The Hall–Kier alpha value is -1.36. The van der Waals surface area contributed by atoms with E-state index < -0.39 is 0 Å². The van der Waals surface area contributed by atoms with E-state index in [1.807, 2.05) is 11.0 Å². The van der Waals surface area contributed by atoms with Gasteiger partial charge in [0, 0.05) is 25.5 Å². The first kappa shape index (κ1) is 10.2. The summed E-state index contributed by atoms with van der Waals surface area (Å²) in [5.41, 5.74) is 5.58. The molecule has 2 heterocycles. The number of hydrogen-bond donors (Lipinski definition) is 1. The molecule has 1 atom stereocenters. The number of carbonyl (C=O) groups excluding carboxylic acids is 1. The van der Waals surface area contributed by atoms with Crippen molar-refractivity contribution in [1.82, 2.24) is 14.7 Å². The minimum Gasteiger partial charge on any atom is -0.341 e. The van der Waals surface area contributed by atoms with Crippen molar-refractivity contribution in [1.29, 1.82) is 0 Å². The topological polar surface area (TPSA) is 64.2 Å². The molecular weight excluding hydrogens is 192 g/mol. The lowest BCUT2D eigenvalue weighted by Gasteiger charge is -2.15. The van der Waals surface area contributed by atoms with Crippen LogP contribution in [0, 0.1) is 5.92 Å². The van der Waals surface area contributed by atoms with Crippen LogP contribution in [-0.4, -0.2) is 40.2 Å². The van der Waals surface area contributed by atoms with E-state index in [1.54, 1.807) is 17.1 Å². The normalized spacial score (nSPS) is 20.9. The zero-order valence-electron chi connectivity index (χ0n) is 8.67. The first-order chi connectivity index (χ1) is 7.29. The van der Waals surface area contributed by atoms with E-state index in [9.17, 15) is 4.79 Å². The first-order valence-corrected chi connectivity index (χ1v) is 5.25. The fourth-order valence-electron chi connectivity index (χ4n) is 1.88. The van der Waals surface area contributed by atoms with Gasteiger partial charge in [-0.1, -0.05) is 0 Å². The summed E-state index contributed by atoms with van der Waals surface area (Å²) in [6, 6.07) is 1.82. The largest absolute Gasteiger partial charge is 0.341 e. The first-order valence-electron chi connectivity index (χ1n) is 5.25. The molecule has 1 amide bonds. The molecule has 1 aliphatic heterocycles. The molecule has 0 aromatic carbocycles. The second-order valence-corrected chi connectivity index (χ2v) is 3.93. The maximum atomic E-state index is 11.8. The van der Waals surface area contributed by atoms with Gasteiger partial charge in [0.05, 0.1) is 0 Å². The number of hydrogen-bond acceptors (Lipinski definition) is 3. The van der Waals surface area contributed by atoms with Crippen LogP contribution in [0.25, 0.3) is 0 Å². The van der Waals surface area contributed by atoms with E-state index in [0.717, 1.165) is 19.5 Å². The summed E-state index contributed by atoms with van der Waals surface area (Å²) in [6.07, 6.45) is 4.51. The molecule has 2 N–H and O–H groups in total. The quantitative estimate of drug-likeness (QED) is 0.741. The lowest BCUT2D eigenvalue weighted by atomic mass is 10.1. The molecule has 1 aliphatic rings. The average molecular weight is 208 g/mol. The molecule has 2 rings (SSSR count). The lowest BCUT2D eigenvalue weighted by molar-refractivity contribution is -0.131. The number of aromatic nitrogens is 2. The molecule has 1 saturated heterocycles. The number of rotatable bonds is 3. The second-order valence-electron chi connectivity index (χ2n) is 3.93. The van der Waals surface area contributed by atoms with E-state index in [1.165, 1.54) is 0 Å². The highest BCUT2D eigenvalue weighted by atomic mass is 16.2. The molecule has 1 unspecified atom stereocenters. The minimum absolute atomic E-state index is 0.134. The van der Waals surface area contributed by atoms with Gasteiger partial charge in [-0.2, -0.15) is 5.10 Å². The zero-order chi connectivity index (χ0) is 10.7. The molecular formula is C10H16N4O. The summed E-state index contributed by atoms with van der Waals surface area (Å²) in [5.74, 6) is 0.612. The Morgan fingerprint density at radius 3 is 3.07 bits per heavy atom. The van der Waals surface area contributed by atoms with Crippen LogP contribution in [0.15, 0.2) is 18.5 Å². The van der Waals surface area contributed by atoms with E-state index in [0.29, 0.717) is 19.0 Å². The molecule has 1 aromatic heterocycles. The van der Waals surface area contributed by atoms with Crippen LogP contribution in [0.2, 0.25) is 0 Å². The van der Waals surface area contributed by atoms with E-state index in [-0.39, 0.29) is 5.91 Å². The highest BCUT2D eigenvalue weighted by Crippen LogP contribution is 2.14. The van der Waals surface area contributed by atoms with Gasteiger partial charge < -0.3 is 10.6 Å². The summed E-state index contributed by atoms with van der Waals surface area (Å²) in [4.78, 5) is 13.7. The maximum absolute atomic E-state index is 11.8. The Bertz CT molecular complexity index is 322. The third-order valence-corrected chi connectivity index (χ3v) is 2.83. The summed E-state index contributed by atoms with van der Waals surface area (Å²) in [6.45, 7) is 2.65. The molecule has 0 radical (unpaired) electrons. The smallest absolute Gasteiger partial charge is 0.244 e. The number of likely N-dealkylation sites (tertiary alicyclic amines) is 1. The Morgan fingerprint density at radius 2 is 2.47 bits per heavy atom. The summed E-state index contributed by atoms with van der Waals surface area (Å²) >= 11 is 0. The van der Waals surface area contributed by atoms with Crippen molar-refractivity contribution < 1.29 is 4.79 Å². The average Bonchev–Trinajstić information content (AvgIpc) is 2.86. The van der Waals surface area contributed by atoms with Crippen molar-refractivity contribution in [3.63, 3.8) is 0 Å². The second kappa shape index (κ2) is 4.44. The van der Waals surface area contributed by atoms with Crippen molar-refractivity contribution in [2.24, 2.45) is 11.7 Å². The Morgan fingerprint density at radius 1 is 1.60 bits per heavy atom. The fourth-order valence-corrected chi connectivity index (χ4v) is 1.88. The summed E-state index contributed by atoms with van der Waals surface area (Å²) in [7, 11) is 0. The SMILES string of the molecule is NCC1CCN(C(=O)Cn2cccn2)C1. The monoisotopic (exact) mass is 208 g/mol. The number of amides is 1. The molecule has 0 bridgehead atoms. The van der Waals surface area contributed by atoms with E-state index >= 15 is 0 Å². The fraction of sp³-hybridized carbons (Fsp3) is 0.600. The highest BCUT2D eigenvalue weighted by Gasteiger charge is 2.24. The van der Waals surface area contributed by atoms with Gasteiger partial charge in [0.25, 0.3) is 0 Å². The van der Waals surface area contributed by atoms with Gasteiger partial charge in [0.15, 0.2) is 0 Å². The predicted octanol–water partition coefficient (Wildman–Crippen LogP) is -0.310. The van der Waals surface area contributed by atoms with Gasteiger partial charge >= 0.3 is 0 Å². The maximum Gasteiger partial charge on any atom is 0.244 e. The van der Waals surface area contributed by atoms with Crippen LogP contribution >= 0.6 is 0 Å². The van der Waals surface area contributed by atoms with Crippen molar-refractivity contribution in [3.05, 3.63) is 18.5 Å². The van der Waals surface area contributed by atoms with Crippen molar-refractivity contribution in [2.45, 2.75) is 13.0 Å². The van der Waals surface area contributed by atoms with E-state index in [4.69, 9.17) is 5.73 Å². The van der Waals surface area contributed by atoms with Crippen LogP contribution in [0.3, 0.4) is 0 Å². The molecule has 0 aliphatic carbocycles. The Labute approximate surface area is 88.8 Å². The summed E-state index contributed by atoms with van der Waals surface area (Å²) in [5, 5.41) is 4.01.